The van der Waals surface area contributed by atoms with Gasteiger partial charge in [-0.3, -0.25) is 0 Å². The fourth-order valence-electron chi connectivity index (χ4n) is 6.77. The fraction of sp³-hybridized carbons (Fsp3) is 0.778. The molecule has 3 aliphatic carbocycles. The van der Waals surface area contributed by atoms with Crippen molar-refractivity contribution in [3.63, 3.8) is 0 Å². The number of hydrogen-bond donors (Lipinski definition) is 0. The van der Waals surface area contributed by atoms with Crippen LogP contribution in [0.1, 0.15) is 114 Å². The lowest BCUT2D eigenvalue weighted by molar-refractivity contribution is 0.0915. The molecule has 3 fully saturated rings. The van der Waals surface area contributed by atoms with Crippen molar-refractivity contribution in [3.8, 4) is 0 Å². The molecule has 0 unspecified atom stereocenters. The molecule has 3 saturated carbocycles. The Hall–Kier alpha value is -0.920. The summed E-state index contributed by atoms with van der Waals surface area (Å²) in [6.45, 7) is 4.32. The topological polar surface area (TPSA) is 0 Å². The molecule has 0 aliphatic heterocycles. The van der Waals surface area contributed by atoms with E-state index < -0.39 is 17.8 Å². The largest absolute Gasteiger partial charge is 0.258 e. The van der Waals surface area contributed by atoms with E-state index in [1.54, 1.807) is 0 Å². The van der Waals surface area contributed by atoms with Crippen LogP contribution in [0.5, 0.6) is 0 Å². The lowest BCUT2D eigenvalue weighted by Crippen LogP contribution is -2.25. The zero-order chi connectivity index (χ0) is 20.4. The maximum absolute atomic E-state index is 14.1. The van der Waals surface area contributed by atoms with Gasteiger partial charge in [-0.1, -0.05) is 70.2 Å². The Balaban J connectivity index is 1.27. The van der Waals surface area contributed by atoms with Crippen molar-refractivity contribution in [2.75, 3.05) is 0 Å². The summed E-state index contributed by atoms with van der Waals surface area (Å²) < 4.78 is 28.2. The second-order valence-corrected chi connectivity index (χ2v) is 10.4. The summed E-state index contributed by atoms with van der Waals surface area (Å²) in [7, 11) is 0. The molecule has 4 rings (SSSR count). The van der Waals surface area contributed by atoms with Crippen LogP contribution in [0.15, 0.2) is 24.3 Å². The van der Waals surface area contributed by atoms with Crippen molar-refractivity contribution >= 4 is 0 Å². The Kier molecular flexibility index (Phi) is 6.66. The van der Waals surface area contributed by atoms with Gasteiger partial charge in [-0.15, -0.1) is 0 Å². The first-order valence-electron chi connectivity index (χ1n) is 12.5. The molecule has 0 aromatic heterocycles. The minimum absolute atomic E-state index is 0.429. The molecule has 2 atom stereocenters. The molecule has 29 heavy (non-hydrogen) atoms. The average molecular weight is 403 g/mol. The van der Waals surface area contributed by atoms with Crippen LogP contribution in [0.25, 0.3) is 0 Å². The van der Waals surface area contributed by atoms with Crippen LogP contribution < -0.4 is 0 Å². The Morgan fingerprint density at radius 2 is 1.24 bits per heavy atom. The second kappa shape index (κ2) is 9.06. The third kappa shape index (κ3) is 4.57. The number of hydrogen-bond acceptors (Lipinski definition) is 0. The number of rotatable bonds is 7. The smallest absolute Gasteiger partial charge is 0.206 e. The van der Waals surface area contributed by atoms with Gasteiger partial charge in [0.2, 0.25) is 0 Å². The summed E-state index contributed by atoms with van der Waals surface area (Å²) in [4.78, 5) is 0. The zero-order valence-corrected chi connectivity index (χ0v) is 18.5. The Bertz CT molecular complexity index is 633. The van der Waals surface area contributed by atoms with Gasteiger partial charge in [0.05, 0.1) is 5.92 Å². The second-order valence-electron chi connectivity index (χ2n) is 10.4. The lowest BCUT2D eigenvalue weighted by Gasteiger charge is -2.38. The average Bonchev–Trinajstić information content (AvgIpc) is 3.29. The first-order valence-corrected chi connectivity index (χ1v) is 12.5. The normalized spacial score (nSPS) is 36.7. The maximum atomic E-state index is 14.1. The van der Waals surface area contributed by atoms with Gasteiger partial charge in [0.25, 0.3) is 5.92 Å². The third-order valence-corrected chi connectivity index (χ3v) is 8.60. The number of benzene rings is 1. The number of halogens is 2. The van der Waals surface area contributed by atoms with E-state index in [4.69, 9.17) is 0 Å². The monoisotopic (exact) mass is 402 g/mol. The van der Waals surface area contributed by atoms with Crippen LogP contribution in [-0.4, -0.2) is 5.92 Å². The molecular weight excluding hydrogens is 362 g/mol. The molecule has 0 radical (unpaired) electrons. The molecule has 0 amide bonds. The highest BCUT2D eigenvalue weighted by Crippen LogP contribution is 2.63. The van der Waals surface area contributed by atoms with Gasteiger partial charge < -0.3 is 0 Å². The van der Waals surface area contributed by atoms with E-state index in [2.05, 4.69) is 19.1 Å². The summed E-state index contributed by atoms with van der Waals surface area (Å²) in [5.41, 5.74) is 2.24. The predicted molar refractivity (Wildman–Crippen MR) is 118 cm³/mol. The standard InChI is InChI=1S/C27H40F2/c1-3-5-19-7-9-20(10-8-19)21-11-13-22(14-12-21)23-15-17-24(18-16-23)26-25(6-4-2)27(26,28)29/h15-22,25-26H,3-14H2,1-2H3/t19-,20-,21-,22-,25-,26-/m0/s1. The van der Waals surface area contributed by atoms with Gasteiger partial charge in [0.1, 0.15) is 0 Å². The van der Waals surface area contributed by atoms with Crippen molar-refractivity contribution < 1.29 is 8.78 Å². The Morgan fingerprint density at radius 3 is 1.79 bits per heavy atom. The molecule has 0 saturated heterocycles. The molecular formula is C27H40F2. The molecule has 1 aromatic carbocycles. The van der Waals surface area contributed by atoms with Crippen LogP contribution in [0.4, 0.5) is 8.78 Å². The summed E-state index contributed by atoms with van der Waals surface area (Å²) in [5.74, 6) is 0.110. The van der Waals surface area contributed by atoms with E-state index in [0.717, 1.165) is 29.7 Å². The minimum Gasteiger partial charge on any atom is -0.206 e. The van der Waals surface area contributed by atoms with Crippen LogP contribution in [-0.2, 0) is 0 Å². The van der Waals surface area contributed by atoms with Gasteiger partial charge in [0.15, 0.2) is 0 Å². The molecule has 0 bridgehead atoms. The van der Waals surface area contributed by atoms with Crippen LogP contribution in [0.2, 0.25) is 0 Å². The van der Waals surface area contributed by atoms with E-state index in [-0.39, 0.29) is 0 Å². The zero-order valence-electron chi connectivity index (χ0n) is 18.5. The molecule has 3 aliphatic rings. The van der Waals surface area contributed by atoms with Gasteiger partial charge in [-0.25, -0.2) is 8.78 Å². The van der Waals surface area contributed by atoms with Crippen molar-refractivity contribution in [1.29, 1.82) is 0 Å². The van der Waals surface area contributed by atoms with Gasteiger partial charge in [0, 0.05) is 5.92 Å². The van der Waals surface area contributed by atoms with Gasteiger partial charge in [-0.2, -0.15) is 0 Å². The van der Waals surface area contributed by atoms with E-state index in [1.807, 2.05) is 19.1 Å². The van der Waals surface area contributed by atoms with Crippen molar-refractivity contribution in [1.82, 2.24) is 0 Å². The number of alkyl halides is 2. The van der Waals surface area contributed by atoms with E-state index in [0.29, 0.717) is 12.3 Å². The van der Waals surface area contributed by atoms with Crippen LogP contribution in [0, 0.1) is 23.7 Å². The predicted octanol–water partition coefficient (Wildman–Crippen LogP) is 8.72. The molecule has 0 nitrogen and oxygen atoms in total. The van der Waals surface area contributed by atoms with E-state index >= 15 is 0 Å². The summed E-state index contributed by atoms with van der Waals surface area (Å²) in [6.07, 6.45) is 15.4. The van der Waals surface area contributed by atoms with Gasteiger partial charge in [-0.05, 0) is 79.7 Å². The summed E-state index contributed by atoms with van der Waals surface area (Å²) >= 11 is 0. The Morgan fingerprint density at radius 1 is 0.724 bits per heavy atom. The van der Waals surface area contributed by atoms with Gasteiger partial charge >= 0.3 is 0 Å². The molecule has 0 N–H and O–H groups in total. The molecule has 162 valence electrons. The van der Waals surface area contributed by atoms with E-state index in [1.165, 1.54) is 69.8 Å². The third-order valence-electron chi connectivity index (χ3n) is 8.60. The van der Waals surface area contributed by atoms with Crippen LogP contribution >= 0.6 is 0 Å². The fourth-order valence-corrected chi connectivity index (χ4v) is 6.77. The lowest BCUT2D eigenvalue weighted by atomic mass is 9.68. The molecule has 0 spiro atoms. The first kappa shape index (κ1) is 21.3. The minimum atomic E-state index is -2.48. The maximum Gasteiger partial charge on any atom is 0.258 e. The first-order chi connectivity index (χ1) is 14.0. The van der Waals surface area contributed by atoms with Crippen molar-refractivity contribution in [2.45, 2.75) is 109 Å². The highest BCUT2D eigenvalue weighted by molar-refractivity contribution is 5.35. The highest BCUT2D eigenvalue weighted by Gasteiger charge is 2.67. The van der Waals surface area contributed by atoms with Crippen molar-refractivity contribution in [3.05, 3.63) is 35.4 Å². The SMILES string of the molecule is CCC[C@H]1[C@H](c2ccc([C@H]3CC[C@H]([C@H]4CC[C@H](CCC)CC4)CC3)cc2)C1(F)F. The molecule has 0 heterocycles. The molecule has 1 aromatic rings. The summed E-state index contributed by atoms with van der Waals surface area (Å²) in [5, 5.41) is 0. The summed E-state index contributed by atoms with van der Waals surface area (Å²) in [6, 6.07) is 8.33. The van der Waals surface area contributed by atoms with Crippen molar-refractivity contribution in [2.24, 2.45) is 23.7 Å². The van der Waals surface area contributed by atoms with Crippen LogP contribution in [0.3, 0.4) is 0 Å². The Labute approximate surface area is 176 Å². The van der Waals surface area contributed by atoms with E-state index in [9.17, 15) is 8.78 Å². The molecule has 2 heteroatoms. The highest BCUT2D eigenvalue weighted by atomic mass is 19.3. The quantitative estimate of drug-likeness (QED) is 0.428.